The van der Waals surface area contributed by atoms with Crippen molar-refractivity contribution in [2.75, 3.05) is 13.1 Å². The number of amides is 2. The summed E-state index contributed by atoms with van der Waals surface area (Å²) in [7, 11) is 0. The third kappa shape index (κ3) is 7.65. The number of aryl methyl sites for hydroxylation is 1. The predicted octanol–water partition coefficient (Wildman–Crippen LogP) is 2.87. The van der Waals surface area contributed by atoms with E-state index in [1.54, 1.807) is 47.6 Å². The number of aliphatic hydroxyl groups is 2. The number of pyridine rings is 1. The first-order valence-electron chi connectivity index (χ1n) is 11.6. The number of benzene rings is 1. The Kier molecular flexibility index (Phi) is 10.7. The van der Waals surface area contributed by atoms with E-state index in [1.807, 2.05) is 26.8 Å². The second kappa shape index (κ2) is 13.4. The van der Waals surface area contributed by atoms with Gasteiger partial charge in [-0.05, 0) is 67.6 Å². The van der Waals surface area contributed by atoms with Crippen LogP contribution in [0.2, 0.25) is 0 Å². The molecule has 2 aromatic rings. The molecule has 0 bridgehead atoms. The molecule has 0 saturated carbocycles. The maximum atomic E-state index is 13.2. The molecule has 34 heavy (non-hydrogen) atoms. The first-order chi connectivity index (χ1) is 16.3. The van der Waals surface area contributed by atoms with Gasteiger partial charge in [0.05, 0.1) is 24.6 Å². The number of rotatable bonds is 12. The van der Waals surface area contributed by atoms with Crippen LogP contribution in [0.5, 0.6) is 0 Å². The summed E-state index contributed by atoms with van der Waals surface area (Å²) in [5.41, 5.74) is 2.29. The number of carbonyl (C=O) groups excluding carboxylic acids is 2. The van der Waals surface area contributed by atoms with Crippen LogP contribution in [0, 0.1) is 18.3 Å². The normalized spacial score (nSPS) is 13.4. The number of carbonyl (C=O) groups is 2. The molecule has 2 rings (SSSR count). The number of hydrogen-bond acceptors (Lipinski definition) is 6. The third-order valence-electron chi connectivity index (χ3n) is 5.49. The lowest BCUT2D eigenvalue weighted by Gasteiger charge is -2.27. The molecule has 3 N–H and O–H groups in total. The van der Waals surface area contributed by atoms with Crippen LogP contribution in [0.4, 0.5) is 0 Å². The molecule has 0 fully saturated rings. The van der Waals surface area contributed by atoms with E-state index in [0.29, 0.717) is 18.7 Å². The van der Waals surface area contributed by atoms with Gasteiger partial charge in [0.2, 0.25) is 0 Å². The van der Waals surface area contributed by atoms with Gasteiger partial charge in [-0.3, -0.25) is 14.6 Å². The number of hydrogen-bond donors (Lipinski definition) is 3. The van der Waals surface area contributed by atoms with Crippen molar-refractivity contribution < 1.29 is 21.2 Å². The second-order valence-corrected chi connectivity index (χ2v) is 8.44. The molecule has 3 unspecified atom stereocenters. The summed E-state index contributed by atoms with van der Waals surface area (Å²) in [4.78, 5) is 32.0. The standard InChI is InChI=1S/C26H34N4O4.H2/c1-4-12-30(13-5-2)26(34)21-15-18(3)14-20(17-21)25(33)29-22(24(32)23(31)6-9-27)16-19-7-10-28-11-8-19;/h7-8,10-11,14-15,17,22-24,31-32H,4-6,12-13,16H2,1-3H3,(H,29,33);1H. The minimum Gasteiger partial charge on any atom is -0.389 e. The monoisotopic (exact) mass is 468 g/mol. The molecule has 3 atom stereocenters. The molecule has 2 amide bonds. The van der Waals surface area contributed by atoms with Crippen LogP contribution in [-0.4, -0.2) is 63.3 Å². The topological polar surface area (TPSA) is 127 Å². The van der Waals surface area contributed by atoms with Gasteiger partial charge in [0, 0.05) is 38.0 Å². The number of nitrogens with zero attached hydrogens (tertiary/aromatic N) is 3. The van der Waals surface area contributed by atoms with Crippen LogP contribution >= 0.6 is 0 Å². The lowest BCUT2D eigenvalue weighted by Crippen LogP contribution is -2.49. The van der Waals surface area contributed by atoms with Crippen molar-refractivity contribution in [2.24, 2.45) is 0 Å². The quantitative estimate of drug-likeness (QED) is 0.440. The first-order valence-corrected chi connectivity index (χ1v) is 11.6. The van der Waals surface area contributed by atoms with E-state index in [-0.39, 0.29) is 25.7 Å². The van der Waals surface area contributed by atoms with Crippen molar-refractivity contribution in [3.8, 4) is 6.07 Å². The Labute approximate surface area is 202 Å². The summed E-state index contributed by atoms with van der Waals surface area (Å²) in [6.45, 7) is 7.12. The zero-order valence-electron chi connectivity index (χ0n) is 20.1. The van der Waals surface area contributed by atoms with E-state index < -0.39 is 24.2 Å². The molecular weight excluding hydrogens is 432 g/mol. The summed E-state index contributed by atoms with van der Waals surface area (Å²) in [5.74, 6) is -0.600. The highest BCUT2D eigenvalue weighted by atomic mass is 16.3. The van der Waals surface area contributed by atoms with Gasteiger partial charge in [0.15, 0.2) is 0 Å². The number of aliphatic hydroxyl groups excluding tert-OH is 2. The largest absolute Gasteiger partial charge is 0.389 e. The molecule has 0 spiro atoms. The smallest absolute Gasteiger partial charge is 0.253 e. The average molecular weight is 469 g/mol. The van der Waals surface area contributed by atoms with Gasteiger partial charge in [0.25, 0.3) is 11.8 Å². The molecule has 1 heterocycles. The summed E-state index contributed by atoms with van der Waals surface area (Å²) >= 11 is 0. The summed E-state index contributed by atoms with van der Waals surface area (Å²) < 4.78 is 0. The maximum Gasteiger partial charge on any atom is 0.253 e. The molecular formula is C26H36N4O4. The van der Waals surface area contributed by atoms with E-state index in [4.69, 9.17) is 5.26 Å². The molecule has 0 aliphatic carbocycles. The second-order valence-electron chi connectivity index (χ2n) is 8.44. The molecule has 0 aliphatic rings. The molecule has 1 aromatic carbocycles. The van der Waals surface area contributed by atoms with Crippen molar-refractivity contribution >= 4 is 11.8 Å². The minimum absolute atomic E-state index is 0. The summed E-state index contributed by atoms with van der Waals surface area (Å²) in [6.07, 6.45) is 2.17. The fourth-order valence-corrected chi connectivity index (χ4v) is 3.84. The Bertz CT molecular complexity index is 991. The summed E-state index contributed by atoms with van der Waals surface area (Å²) in [5, 5.41) is 32.5. The van der Waals surface area contributed by atoms with Gasteiger partial charge >= 0.3 is 0 Å². The van der Waals surface area contributed by atoms with Gasteiger partial charge in [-0.2, -0.15) is 5.26 Å². The van der Waals surface area contributed by atoms with Crippen molar-refractivity contribution in [2.45, 2.75) is 64.7 Å². The Morgan fingerprint density at radius 3 is 2.32 bits per heavy atom. The molecule has 0 aliphatic heterocycles. The van der Waals surface area contributed by atoms with Crippen molar-refractivity contribution in [1.82, 2.24) is 15.2 Å². The van der Waals surface area contributed by atoms with Gasteiger partial charge in [0.1, 0.15) is 6.10 Å². The van der Waals surface area contributed by atoms with Crippen LogP contribution in [0.1, 0.15) is 66.4 Å². The van der Waals surface area contributed by atoms with E-state index in [0.717, 1.165) is 24.0 Å². The fourth-order valence-electron chi connectivity index (χ4n) is 3.84. The SMILES string of the molecule is CCCN(CCC)C(=O)c1cc(C)cc(C(=O)NC(Cc2ccncc2)C(O)C(O)CC#N)c1.[HH]. The zero-order valence-corrected chi connectivity index (χ0v) is 20.1. The molecule has 184 valence electrons. The minimum atomic E-state index is -1.35. The van der Waals surface area contributed by atoms with Crippen LogP contribution < -0.4 is 5.32 Å². The van der Waals surface area contributed by atoms with Crippen molar-refractivity contribution in [1.29, 1.82) is 5.26 Å². The maximum absolute atomic E-state index is 13.2. The molecule has 8 heteroatoms. The van der Waals surface area contributed by atoms with E-state index in [9.17, 15) is 19.8 Å². The third-order valence-corrected chi connectivity index (χ3v) is 5.49. The Morgan fingerprint density at radius 2 is 1.74 bits per heavy atom. The Balaban J connectivity index is 0.00000612. The Hall–Kier alpha value is -3.28. The van der Waals surface area contributed by atoms with E-state index >= 15 is 0 Å². The summed E-state index contributed by atoms with van der Waals surface area (Å²) in [6, 6.07) is 9.49. The zero-order chi connectivity index (χ0) is 25.1. The number of nitriles is 1. The number of aromatic nitrogens is 1. The van der Waals surface area contributed by atoms with Gasteiger partial charge < -0.3 is 20.4 Å². The lowest BCUT2D eigenvalue weighted by molar-refractivity contribution is -0.000341. The predicted molar refractivity (Wildman–Crippen MR) is 131 cm³/mol. The fraction of sp³-hybridized carbons (Fsp3) is 0.462. The number of nitrogens with one attached hydrogen (secondary N) is 1. The molecule has 0 saturated heterocycles. The van der Waals surface area contributed by atoms with Crippen LogP contribution in [0.3, 0.4) is 0 Å². The van der Waals surface area contributed by atoms with E-state index in [2.05, 4.69) is 10.3 Å². The molecule has 1 aromatic heterocycles. The van der Waals surface area contributed by atoms with Gasteiger partial charge in [-0.15, -0.1) is 0 Å². The van der Waals surface area contributed by atoms with Crippen LogP contribution in [0.15, 0.2) is 42.7 Å². The molecule has 0 radical (unpaired) electrons. The van der Waals surface area contributed by atoms with Crippen LogP contribution in [-0.2, 0) is 6.42 Å². The molecule has 8 nitrogen and oxygen atoms in total. The highest BCUT2D eigenvalue weighted by Gasteiger charge is 2.29. The highest BCUT2D eigenvalue weighted by Crippen LogP contribution is 2.16. The van der Waals surface area contributed by atoms with Gasteiger partial charge in [-0.25, -0.2) is 0 Å². The first kappa shape index (κ1) is 27.0. The van der Waals surface area contributed by atoms with Crippen molar-refractivity contribution in [3.63, 3.8) is 0 Å². The highest BCUT2D eigenvalue weighted by molar-refractivity contribution is 6.00. The lowest BCUT2D eigenvalue weighted by atomic mass is 9.96. The Morgan fingerprint density at radius 1 is 1.12 bits per heavy atom. The average Bonchev–Trinajstić information content (AvgIpc) is 2.83. The van der Waals surface area contributed by atoms with Crippen molar-refractivity contribution in [3.05, 3.63) is 65.0 Å². The van der Waals surface area contributed by atoms with E-state index in [1.165, 1.54) is 0 Å². The van der Waals surface area contributed by atoms with Gasteiger partial charge in [-0.1, -0.05) is 13.8 Å². The van der Waals surface area contributed by atoms with Crippen LogP contribution in [0.25, 0.3) is 0 Å².